The first-order chi connectivity index (χ1) is 9.11. The molecule has 1 amide bonds. The molecular weight excluding hydrogens is 248 g/mol. The molecule has 2 aromatic rings. The number of nitro groups is 1. The van der Waals surface area contributed by atoms with Gasteiger partial charge in [0.2, 0.25) is 0 Å². The Kier molecular flexibility index (Phi) is 3.56. The lowest BCUT2D eigenvalue weighted by atomic mass is 10.2. The molecule has 1 heterocycles. The molecule has 1 aromatic heterocycles. The summed E-state index contributed by atoms with van der Waals surface area (Å²) in [4.78, 5) is 22.0. The van der Waals surface area contributed by atoms with Crippen molar-refractivity contribution in [3.05, 3.63) is 52.3 Å². The first kappa shape index (κ1) is 12.7. The molecule has 7 heteroatoms. The second-order valence-corrected chi connectivity index (χ2v) is 3.79. The van der Waals surface area contributed by atoms with E-state index in [1.54, 1.807) is 16.9 Å². The van der Waals surface area contributed by atoms with Crippen molar-refractivity contribution < 1.29 is 9.72 Å². The molecule has 0 radical (unpaired) electrons. The Balaban J connectivity index is 2.13. The van der Waals surface area contributed by atoms with E-state index < -0.39 is 4.92 Å². The van der Waals surface area contributed by atoms with Crippen molar-refractivity contribution in [2.45, 2.75) is 13.5 Å². The van der Waals surface area contributed by atoms with Crippen LogP contribution in [0.3, 0.4) is 0 Å². The number of aromatic nitrogens is 2. The van der Waals surface area contributed by atoms with E-state index in [-0.39, 0.29) is 11.6 Å². The van der Waals surface area contributed by atoms with Crippen molar-refractivity contribution in [3.63, 3.8) is 0 Å². The normalized spacial score (nSPS) is 10.2. The fourth-order valence-electron chi connectivity index (χ4n) is 1.64. The monoisotopic (exact) mass is 260 g/mol. The zero-order valence-corrected chi connectivity index (χ0v) is 10.2. The van der Waals surface area contributed by atoms with Gasteiger partial charge in [0.05, 0.1) is 4.92 Å². The summed E-state index contributed by atoms with van der Waals surface area (Å²) in [5.41, 5.74) is 0.928. The number of carbonyl (C=O) groups is 1. The van der Waals surface area contributed by atoms with Crippen molar-refractivity contribution in [1.82, 2.24) is 9.78 Å². The molecule has 0 fully saturated rings. The molecule has 0 spiro atoms. The van der Waals surface area contributed by atoms with Crippen molar-refractivity contribution in [3.8, 4) is 0 Å². The molecule has 0 atom stereocenters. The predicted octanol–water partition coefficient (Wildman–Crippen LogP) is 2.06. The molecule has 1 N–H and O–H groups in total. The molecule has 0 aliphatic rings. The number of hydrogen-bond donors (Lipinski definition) is 1. The van der Waals surface area contributed by atoms with E-state index in [9.17, 15) is 14.9 Å². The molecule has 0 saturated heterocycles. The van der Waals surface area contributed by atoms with Gasteiger partial charge < -0.3 is 5.32 Å². The van der Waals surface area contributed by atoms with Gasteiger partial charge in [-0.15, -0.1) is 0 Å². The van der Waals surface area contributed by atoms with Crippen molar-refractivity contribution >= 4 is 17.3 Å². The fourth-order valence-corrected chi connectivity index (χ4v) is 1.64. The summed E-state index contributed by atoms with van der Waals surface area (Å²) < 4.78 is 1.57. The van der Waals surface area contributed by atoms with Crippen LogP contribution in [0.4, 0.5) is 11.4 Å². The lowest BCUT2D eigenvalue weighted by Gasteiger charge is -2.06. The number of aryl methyl sites for hydroxylation is 1. The van der Waals surface area contributed by atoms with Gasteiger partial charge in [-0.1, -0.05) is 0 Å². The molecule has 98 valence electrons. The van der Waals surface area contributed by atoms with Gasteiger partial charge in [0.15, 0.2) is 0 Å². The van der Waals surface area contributed by atoms with Crippen LogP contribution in [-0.2, 0) is 6.54 Å². The van der Waals surface area contributed by atoms with Gasteiger partial charge in [-0.25, -0.2) is 0 Å². The first-order valence-electron chi connectivity index (χ1n) is 5.69. The zero-order valence-electron chi connectivity index (χ0n) is 10.2. The minimum Gasteiger partial charge on any atom is -0.321 e. The fraction of sp³-hybridized carbons (Fsp3) is 0.167. The standard InChI is InChI=1S/C12H12N4O3/c1-2-15-11(7-8-13-15)12(17)14-9-3-5-10(6-4-9)16(18)19/h3-8H,2H2,1H3,(H,14,17). The molecule has 0 aliphatic heterocycles. The number of non-ortho nitro benzene ring substituents is 1. The molecular formula is C12H12N4O3. The van der Waals surface area contributed by atoms with Gasteiger partial charge in [-0.05, 0) is 25.1 Å². The number of anilines is 1. The summed E-state index contributed by atoms with van der Waals surface area (Å²) in [7, 11) is 0. The summed E-state index contributed by atoms with van der Waals surface area (Å²) in [6, 6.07) is 7.27. The van der Waals surface area contributed by atoms with Crippen molar-refractivity contribution in [2.75, 3.05) is 5.32 Å². The second-order valence-electron chi connectivity index (χ2n) is 3.79. The second kappa shape index (κ2) is 5.30. The van der Waals surface area contributed by atoms with E-state index in [0.29, 0.717) is 17.9 Å². The third kappa shape index (κ3) is 2.76. The number of nitrogens with one attached hydrogen (secondary N) is 1. The van der Waals surface area contributed by atoms with Gasteiger partial charge in [0.1, 0.15) is 5.69 Å². The predicted molar refractivity (Wildman–Crippen MR) is 69.0 cm³/mol. The Morgan fingerprint density at radius 2 is 2.05 bits per heavy atom. The highest BCUT2D eigenvalue weighted by atomic mass is 16.6. The van der Waals surface area contributed by atoms with Crippen LogP contribution in [0.25, 0.3) is 0 Å². The van der Waals surface area contributed by atoms with E-state index in [2.05, 4.69) is 10.4 Å². The summed E-state index contributed by atoms with van der Waals surface area (Å²) >= 11 is 0. The maximum absolute atomic E-state index is 12.0. The highest BCUT2D eigenvalue weighted by Gasteiger charge is 2.12. The maximum Gasteiger partial charge on any atom is 0.273 e. The molecule has 0 unspecified atom stereocenters. The highest BCUT2D eigenvalue weighted by Crippen LogP contribution is 2.16. The average molecular weight is 260 g/mol. The topological polar surface area (TPSA) is 90.1 Å². The maximum atomic E-state index is 12.0. The quantitative estimate of drug-likeness (QED) is 0.673. The van der Waals surface area contributed by atoms with E-state index in [0.717, 1.165) is 0 Å². The summed E-state index contributed by atoms with van der Waals surface area (Å²) in [5.74, 6) is -0.298. The van der Waals surface area contributed by atoms with Crippen LogP contribution >= 0.6 is 0 Å². The van der Waals surface area contributed by atoms with Crippen LogP contribution in [0.1, 0.15) is 17.4 Å². The van der Waals surface area contributed by atoms with Crippen LogP contribution in [-0.4, -0.2) is 20.6 Å². The van der Waals surface area contributed by atoms with Crippen LogP contribution in [0.5, 0.6) is 0 Å². The number of carbonyl (C=O) groups excluding carboxylic acids is 1. The minimum absolute atomic E-state index is 0.0170. The molecule has 0 saturated carbocycles. The Morgan fingerprint density at radius 1 is 1.37 bits per heavy atom. The van der Waals surface area contributed by atoms with Gasteiger partial charge in [0.25, 0.3) is 11.6 Å². The number of benzene rings is 1. The number of nitrogens with zero attached hydrogens (tertiary/aromatic N) is 3. The van der Waals surface area contributed by atoms with E-state index in [1.807, 2.05) is 6.92 Å². The molecule has 7 nitrogen and oxygen atoms in total. The largest absolute Gasteiger partial charge is 0.321 e. The molecule has 2 rings (SSSR count). The first-order valence-corrected chi connectivity index (χ1v) is 5.69. The van der Waals surface area contributed by atoms with Gasteiger partial charge in [0, 0.05) is 30.6 Å². The van der Waals surface area contributed by atoms with Gasteiger partial charge in [-0.3, -0.25) is 19.6 Å². The minimum atomic E-state index is -0.488. The van der Waals surface area contributed by atoms with Crippen LogP contribution in [0.2, 0.25) is 0 Å². The summed E-state index contributed by atoms with van der Waals surface area (Å²) in [6.07, 6.45) is 1.55. The number of hydrogen-bond acceptors (Lipinski definition) is 4. The summed E-state index contributed by atoms with van der Waals surface area (Å²) in [6.45, 7) is 2.48. The SMILES string of the molecule is CCn1nccc1C(=O)Nc1ccc([N+](=O)[O-])cc1. The molecule has 1 aromatic carbocycles. The van der Waals surface area contributed by atoms with Crippen LogP contribution < -0.4 is 5.32 Å². The smallest absolute Gasteiger partial charge is 0.273 e. The van der Waals surface area contributed by atoms with Crippen molar-refractivity contribution in [1.29, 1.82) is 0 Å². The Labute approximate surface area is 109 Å². The Bertz CT molecular complexity index is 604. The number of amides is 1. The lowest BCUT2D eigenvalue weighted by molar-refractivity contribution is -0.384. The molecule has 0 aliphatic carbocycles. The number of rotatable bonds is 4. The Morgan fingerprint density at radius 3 is 2.63 bits per heavy atom. The van der Waals surface area contributed by atoms with E-state index in [1.165, 1.54) is 24.3 Å². The average Bonchev–Trinajstić information content (AvgIpc) is 2.87. The Hall–Kier alpha value is -2.70. The summed E-state index contributed by atoms with van der Waals surface area (Å²) in [5, 5.41) is 17.2. The van der Waals surface area contributed by atoms with Crippen LogP contribution in [0, 0.1) is 10.1 Å². The lowest BCUT2D eigenvalue weighted by Crippen LogP contribution is -2.17. The molecule has 19 heavy (non-hydrogen) atoms. The third-order valence-electron chi connectivity index (χ3n) is 2.58. The highest BCUT2D eigenvalue weighted by molar-refractivity contribution is 6.03. The number of nitro benzene ring substituents is 1. The van der Waals surface area contributed by atoms with E-state index in [4.69, 9.17) is 0 Å². The van der Waals surface area contributed by atoms with Gasteiger partial charge >= 0.3 is 0 Å². The third-order valence-corrected chi connectivity index (χ3v) is 2.58. The molecule has 0 bridgehead atoms. The zero-order chi connectivity index (χ0) is 13.8. The van der Waals surface area contributed by atoms with Gasteiger partial charge in [-0.2, -0.15) is 5.10 Å². The van der Waals surface area contributed by atoms with E-state index >= 15 is 0 Å². The van der Waals surface area contributed by atoms with Crippen LogP contribution in [0.15, 0.2) is 36.5 Å². The van der Waals surface area contributed by atoms with Crippen molar-refractivity contribution in [2.24, 2.45) is 0 Å².